The van der Waals surface area contributed by atoms with Crippen LogP contribution in [0, 0.1) is 11.8 Å². The van der Waals surface area contributed by atoms with Crippen LogP contribution in [0.15, 0.2) is 39.6 Å². The molecule has 0 aliphatic heterocycles. The molecular weight excluding hydrogens is 252 g/mol. The van der Waals surface area contributed by atoms with Crippen molar-refractivity contribution in [1.29, 1.82) is 0 Å². The molecule has 0 radical (unpaired) electrons. The first-order valence-electron chi connectivity index (χ1n) is 7.20. The number of carbonyl (C=O) groups excluding carboxylic acids is 1. The van der Waals surface area contributed by atoms with E-state index in [1.165, 1.54) is 21.8 Å². The van der Waals surface area contributed by atoms with Gasteiger partial charge in [-0.2, -0.15) is 0 Å². The Hall–Kier alpha value is -1.02. The monoisotopic (exact) mass is 272 g/mol. The van der Waals surface area contributed by atoms with Crippen molar-refractivity contribution in [1.82, 2.24) is 0 Å². The van der Waals surface area contributed by atoms with Gasteiger partial charge in [-0.1, -0.05) is 30.8 Å². The molecule has 1 saturated carbocycles. The summed E-state index contributed by atoms with van der Waals surface area (Å²) >= 11 is 1.81. The molecule has 3 rings (SSSR count). The van der Waals surface area contributed by atoms with E-state index in [1.807, 2.05) is 18.7 Å². The number of thioether (sulfide) groups is 1. The van der Waals surface area contributed by atoms with Crippen LogP contribution in [0.25, 0.3) is 0 Å². The van der Waals surface area contributed by atoms with Gasteiger partial charge in [-0.05, 0) is 61.1 Å². The van der Waals surface area contributed by atoms with Crippen LogP contribution in [-0.2, 0) is 11.2 Å². The molecule has 1 fully saturated rings. The third-order valence-electron chi connectivity index (χ3n) is 4.47. The SMILES string of the molecule is CCc1ccc(SC2=C(C)C(=O)C3CCC2C3)cc1. The van der Waals surface area contributed by atoms with Crippen molar-refractivity contribution in [3.8, 4) is 0 Å². The fraction of sp³-hybridized carbons (Fsp3) is 0.471. The summed E-state index contributed by atoms with van der Waals surface area (Å²) in [6.07, 6.45) is 4.46. The van der Waals surface area contributed by atoms with Crippen LogP contribution in [0.2, 0.25) is 0 Å². The number of fused-ring (bicyclic) bond motifs is 2. The van der Waals surface area contributed by atoms with Crippen LogP contribution < -0.4 is 0 Å². The van der Waals surface area contributed by atoms with E-state index in [0.717, 1.165) is 24.8 Å². The van der Waals surface area contributed by atoms with Crippen molar-refractivity contribution in [3.05, 3.63) is 40.3 Å². The number of rotatable bonds is 3. The number of hydrogen-bond donors (Lipinski definition) is 0. The summed E-state index contributed by atoms with van der Waals surface area (Å²) in [6, 6.07) is 8.77. The smallest absolute Gasteiger partial charge is 0.162 e. The van der Waals surface area contributed by atoms with Crippen molar-refractivity contribution in [2.75, 3.05) is 0 Å². The predicted molar refractivity (Wildman–Crippen MR) is 80.2 cm³/mol. The van der Waals surface area contributed by atoms with Gasteiger partial charge in [-0.3, -0.25) is 4.79 Å². The van der Waals surface area contributed by atoms with Gasteiger partial charge in [-0.25, -0.2) is 0 Å². The lowest BCUT2D eigenvalue weighted by atomic mass is 9.89. The van der Waals surface area contributed by atoms with E-state index in [4.69, 9.17) is 0 Å². The maximum atomic E-state index is 12.2. The van der Waals surface area contributed by atoms with E-state index in [-0.39, 0.29) is 0 Å². The van der Waals surface area contributed by atoms with Crippen molar-refractivity contribution < 1.29 is 4.79 Å². The molecule has 0 aromatic heterocycles. The first-order valence-corrected chi connectivity index (χ1v) is 8.02. The quantitative estimate of drug-likeness (QED) is 0.799. The molecule has 2 aliphatic rings. The third-order valence-corrected chi connectivity index (χ3v) is 5.84. The lowest BCUT2D eigenvalue weighted by molar-refractivity contribution is -0.119. The molecule has 1 nitrogen and oxygen atoms in total. The number of allylic oxidation sites excluding steroid dienone is 2. The Morgan fingerprint density at radius 1 is 1.16 bits per heavy atom. The Bertz CT molecular complexity index is 527. The average Bonchev–Trinajstić information content (AvgIpc) is 2.89. The summed E-state index contributed by atoms with van der Waals surface area (Å²) in [5.41, 5.74) is 2.40. The Morgan fingerprint density at radius 2 is 1.84 bits per heavy atom. The second-order valence-electron chi connectivity index (χ2n) is 5.66. The van der Waals surface area contributed by atoms with Gasteiger partial charge >= 0.3 is 0 Å². The molecule has 0 amide bonds. The van der Waals surface area contributed by atoms with Crippen molar-refractivity contribution >= 4 is 17.5 Å². The minimum absolute atomic E-state index is 0.330. The Labute approximate surface area is 119 Å². The van der Waals surface area contributed by atoms with Crippen LogP contribution >= 0.6 is 11.8 Å². The number of carbonyl (C=O) groups is 1. The Balaban J connectivity index is 1.85. The van der Waals surface area contributed by atoms with Crippen LogP contribution in [0.5, 0.6) is 0 Å². The van der Waals surface area contributed by atoms with Crippen molar-refractivity contribution in [2.24, 2.45) is 11.8 Å². The zero-order chi connectivity index (χ0) is 13.4. The van der Waals surface area contributed by atoms with E-state index >= 15 is 0 Å². The number of ketones is 1. The van der Waals surface area contributed by atoms with Gasteiger partial charge in [0.15, 0.2) is 5.78 Å². The molecule has 2 unspecified atom stereocenters. The summed E-state index contributed by atoms with van der Waals surface area (Å²) < 4.78 is 0. The van der Waals surface area contributed by atoms with Crippen LogP contribution in [-0.4, -0.2) is 5.78 Å². The van der Waals surface area contributed by atoms with E-state index in [1.54, 1.807) is 0 Å². The summed E-state index contributed by atoms with van der Waals surface area (Å²) in [7, 11) is 0. The first-order chi connectivity index (χ1) is 9.19. The molecule has 1 aromatic rings. The maximum Gasteiger partial charge on any atom is 0.162 e. The molecule has 2 bridgehead atoms. The van der Waals surface area contributed by atoms with Gasteiger partial charge in [0.05, 0.1) is 0 Å². The predicted octanol–water partition coefficient (Wildman–Crippen LogP) is 4.61. The van der Waals surface area contributed by atoms with Crippen molar-refractivity contribution in [3.63, 3.8) is 0 Å². The molecule has 1 aromatic carbocycles. The fourth-order valence-electron chi connectivity index (χ4n) is 3.27. The highest BCUT2D eigenvalue weighted by atomic mass is 32.2. The van der Waals surface area contributed by atoms with Gasteiger partial charge in [-0.15, -0.1) is 0 Å². The average molecular weight is 272 g/mol. The first kappa shape index (κ1) is 13.0. The molecular formula is C17H20OS. The number of Topliss-reactive ketones (excluding diaryl/α,β-unsaturated/α-hetero) is 1. The normalized spacial score (nSPS) is 26.1. The van der Waals surface area contributed by atoms with E-state index in [9.17, 15) is 4.79 Å². The minimum Gasteiger partial charge on any atom is -0.294 e. The lowest BCUT2D eigenvalue weighted by Gasteiger charge is -2.23. The zero-order valence-electron chi connectivity index (χ0n) is 11.6. The highest BCUT2D eigenvalue weighted by Gasteiger charge is 2.39. The standard InChI is InChI=1S/C17H20OS/c1-3-12-4-8-15(9-5-12)19-17-11(2)16(18)13-6-7-14(17)10-13/h4-5,8-9,13-14H,3,6-7,10H2,1-2H3. The van der Waals surface area contributed by atoms with Crippen LogP contribution in [0.3, 0.4) is 0 Å². The second kappa shape index (κ2) is 5.16. The molecule has 19 heavy (non-hydrogen) atoms. The summed E-state index contributed by atoms with van der Waals surface area (Å²) in [6.45, 7) is 4.20. The summed E-state index contributed by atoms with van der Waals surface area (Å²) in [4.78, 5) is 14.8. The summed E-state index contributed by atoms with van der Waals surface area (Å²) in [5.74, 6) is 1.37. The Kier molecular flexibility index (Phi) is 3.53. The minimum atomic E-state index is 0.330. The van der Waals surface area contributed by atoms with Crippen LogP contribution in [0.1, 0.15) is 38.7 Å². The molecule has 2 aliphatic carbocycles. The zero-order valence-corrected chi connectivity index (χ0v) is 12.4. The maximum absolute atomic E-state index is 12.2. The largest absolute Gasteiger partial charge is 0.294 e. The molecule has 0 spiro atoms. The van der Waals surface area contributed by atoms with Crippen LogP contribution in [0.4, 0.5) is 0 Å². The van der Waals surface area contributed by atoms with Gasteiger partial charge in [0, 0.05) is 16.4 Å². The van der Waals surface area contributed by atoms with E-state index in [2.05, 4.69) is 31.2 Å². The topological polar surface area (TPSA) is 17.1 Å². The lowest BCUT2D eigenvalue weighted by Crippen LogP contribution is -2.19. The van der Waals surface area contributed by atoms with Gasteiger partial charge in [0.25, 0.3) is 0 Å². The molecule has 0 heterocycles. The van der Waals surface area contributed by atoms with E-state index in [0.29, 0.717) is 17.6 Å². The number of hydrogen-bond acceptors (Lipinski definition) is 2. The fourth-order valence-corrected chi connectivity index (χ4v) is 4.43. The number of aryl methyl sites for hydroxylation is 1. The van der Waals surface area contributed by atoms with Gasteiger partial charge in [0.1, 0.15) is 0 Å². The highest BCUT2D eigenvalue weighted by Crippen LogP contribution is 2.49. The molecule has 100 valence electrons. The van der Waals surface area contributed by atoms with Gasteiger partial charge < -0.3 is 0 Å². The molecule has 2 heteroatoms. The number of benzene rings is 1. The van der Waals surface area contributed by atoms with E-state index < -0.39 is 0 Å². The molecule has 0 saturated heterocycles. The highest BCUT2D eigenvalue weighted by molar-refractivity contribution is 8.03. The van der Waals surface area contributed by atoms with Gasteiger partial charge in [0.2, 0.25) is 0 Å². The van der Waals surface area contributed by atoms with Crippen molar-refractivity contribution in [2.45, 2.75) is 44.4 Å². The molecule has 2 atom stereocenters. The third kappa shape index (κ3) is 2.38. The molecule has 0 N–H and O–H groups in total. The Morgan fingerprint density at radius 3 is 2.53 bits per heavy atom. The summed E-state index contributed by atoms with van der Waals surface area (Å²) in [5, 5.41) is 0. The second-order valence-corrected chi connectivity index (χ2v) is 6.78.